The van der Waals surface area contributed by atoms with Crippen molar-refractivity contribution < 1.29 is 18.8 Å². The molecule has 2 aromatic carbocycles. The van der Waals surface area contributed by atoms with E-state index in [1.807, 2.05) is 46.8 Å². The number of nitrogens with zero attached hydrogens (tertiary/aromatic N) is 2. The Morgan fingerprint density at radius 2 is 1.66 bits per heavy atom. The second kappa shape index (κ2) is 6.97. The van der Waals surface area contributed by atoms with E-state index >= 15 is 0 Å². The summed E-state index contributed by atoms with van der Waals surface area (Å²) in [4.78, 5) is 44.2. The fourth-order valence-corrected chi connectivity index (χ4v) is 5.99. The van der Waals surface area contributed by atoms with Crippen LogP contribution in [-0.4, -0.2) is 28.5 Å². The smallest absolute Gasteiger partial charge is 0.240 e. The first-order valence-electron chi connectivity index (χ1n) is 10.3. The number of imide groups is 1. The van der Waals surface area contributed by atoms with E-state index in [1.165, 1.54) is 29.5 Å². The maximum absolute atomic E-state index is 14.6. The largest absolute Gasteiger partial charge is 0.358 e. The van der Waals surface area contributed by atoms with Crippen molar-refractivity contribution >= 4 is 40.7 Å². The molecule has 0 radical (unpaired) electrons. The number of thiophene rings is 1. The number of halogens is 1. The first-order valence-corrected chi connectivity index (χ1v) is 11.2. The predicted molar refractivity (Wildman–Crippen MR) is 118 cm³/mol. The second-order valence-corrected chi connectivity index (χ2v) is 9.09. The van der Waals surface area contributed by atoms with Crippen molar-refractivity contribution in [2.24, 2.45) is 11.8 Å². The first kappa shape index (κ1) is 19.1. The van der Waals surface area contributed by atoms with E-state index in [-0.39, 0.29) is 11.5 Å². The van der Waals surface area contributed by atoms with Gasteiger partial charge >= 0.3 is 0 Å². The van der Waals surface area contributed by atoms with E-state index in [0.29, 0.717) is 4.88 Å². The topological polar surface area (TPSA) is 57.7 Å². The Bertz CT molecular complexity index is 1300. The molecule has 3 aromatic rings. The molecule has 32 heavy (non-hydrogen) atoms. The summed E-state index contributed by atoms with van der Waals surface area (Å²) >= 11 is 1.31. The zero-order chi connectivity index (χ0) is 22.0. The molecule has 4 atom stereocenters. The molecule has 5 nitrogen and oxygen atoms in total. The summed E-state index contributed by atoms with van der Waals surface area (Å²) in [5.41, 5.74) is 1.77. The summed E-state index contributed by atoms with van der Waals surface area (Å²) in [5, 5.41) is 1.81. The molecule has 4 heterocycles. The second-order valence-electron chi connectivity index (χ2n) is 8.14. The number of Topliss-reactive ketones (excluding diaryl/α,β-unsaturated/α-hetero) is 1. The van der Waals surface area contributed by atoms with Gasteiger partial charge in [-0.05, 0) is 40.8 Å². The van der Waals surface area contributed by atoms with Gasteiger partial charge in [0.1, 0.15) is 11.9 Å². The number of anilines is 1. The fourth-order valence-electron chi connectivity index (χ4n) is 5.29. The molecule has 3 aliphatic rings. The number of hydrogen-bond acceptors (Lipinski definition) is 5. The Labute approximate surface area is 187 Å². The van der Waals surface area contributed by atoms with Gasteiger partial charge in [0.15, 0.2) is 5.78 Å². The van der Waals surface area contributed by atoms with Gasteiger partial charge in [0, 0.05) is 6.20 Å². The number of rotatable bonds is 3. The summed E-state index contributed by atoms with van der Waals surface area (Å²) in [6.07, 6.45) is 3.72. The maximum Gasteiger partial charge on any atom is 0.240 e. The van der Waals surface area contributed by atoms with Gasteiger partial charge < -0.3 is 4.90 Å². The fraction of sp³-hybridized carbons (Fsp3) is 0.160. The lowest BCUT2D eigenvalue weighted by Gasteiger charge is -2.35. The SMILES string of the molecule is O=C(c1cccs1)C1C2C(=O)N(c3ccccc3F)C(=O)C2C2c3ccccc3C=CN12. The van der Waals surface area contributed by atoms with Crippen molar-refractivity contribution in [1.29, 1.82) is 0 Å². The van der Waals surface area contributed by atoms with Gasteiger partial charge in [-0.3, -0.25) is 14.4 Å². The molecule has 6 rings (SSSR count). The number of carbonyl (C=O) groups excluding carboxylic acids is 3. The van der Waals surface area contributed by atoms with Crippen molar-refractivity contribution in [3.63, 3.8) is 0 Å². The Balaban J connectivity index is 1.52. The van der Waals surface area contributed by atoms with Crippen LogP contribution in [0.15, 0.2) is 72.2 Å². The van der Waals surface area contributed by atoms with Crippen molar-refractivity contribution in [2.75, 3.05) is 4.90 Å². The minimum atomic E-state index is -0.891. The highest BCUT2D eigenvalue weighted by atomic mass is 32.1. The molecular formula is C25H17FN2O3S. The molecule has 3 aliphatic heterocycles. The zero-order valence-electron chi connectivity index (χ0n) is 16.7. The normalized spacial score (nSPS) is 25.7. The zero-order valence-corrected chi connectivity index (χ0v) is 17.5. The third kappa shape index (κ3) is 2.51. The number of fused-ring (bicyclic) bond motifs is 5. The lowest BCUT2D eigenvalue weighted by Crippen LogP contribution is -2.44. The minimum absolute atomic E-state index is 0.0644. The molecule has 0 spiro atoms. The van der Waals surface area contributed by atoms with E-state index < -0.39 is 41.6 Å². The molecule has 0 bridgehead atoms. The van der Waals surface area contributed by atoms with Gasteiger partial charge in [0.05, 0.1) is 28.4 Å². The average Bonchev–Trinajstić information content (AvgIpc) is 3.51. The lowest BCUT2D eigenvalue weighted by molar-refractivity contribution is -0.123. The Morgan fingerprint density at radius 1 is 0.906 bits per heavy atom. The molecular weight excluding hydrogens is 427 g/mol. The monoisotopic (exact) mass is 444 g/mol. The number of carbonyl (C=O) groups is 3. The summed E-state index contributed by atoms with van der Waals surface area (Å²) in [7, 11) is 0. The standard InChI is InChI=1S/C25H17FN2O3S/c26-16-8-3-4-9-17(16)28-24(30)19-20(25(28)31)22(23(29)18-10-5-13-32-18)27-12-11-14-6-1-2-7-15(14)21(19)27/h1-13,19-22H. The van der Waals surface area contributed by atoms with Crippen LogP contribution in [0.3, 0.4) is 0 Å². The third-order valence-corrected chi connectivity index (χ3v) is 7.47. The quantitative estimate of drug-likeness (QED) is 0.447. The van der Waals surface area contributed by atoms with Crippen LogP contribution < -0.4 is 4.90 Å². The summed E-state index contributed by atoms with van der Waals surface area (Å²) < 4.78 is 14.6. The van der Waals surface area contributed by atoms with E-state index in [4.69, 9.17) is 0 Å². The van der Waals surface area contributed by atoms with Gasteiger partial charge in [-0.1, -0.05) is 42.5 Å². The van der Waals surface area contributed by atoms with E-state index in [2.05, 4.69) is 0 Å². The van der Waals surface area contributed by atoms with E-state index in [0.717, 1.165) is 16.0 Å². The van der Waals surface area contributed by atoms with Crippen LogP contribution in [0.25, 0.3) is 6.08 Å². The molecule has 0 aliphatic carbocycles. The molecule has 1 aromatic heterocycles. The van der Waals surface area contributed by atoms with Gasteiger partial charge in [-0.25, -0.2) is 9.29 Å². The number of para-hydroxylation sites is 1. The Morgan fingerprint density at radius 3 is 2.44 bits per heavy atom. The highest BCUT2D eigenvalue weighted by Crippen LogP contribution is 2.53. The van der Waals surface area contributed by atoms with Gasteiger partial charge in [0.2, 0.25) is 11.8 Å². The lowest BCUT2D eigenvalue weighted by atomic mass is 9.84. The predicted octanol–water partition coefficient (Wildman–Crippen LogP) is 4.29. The van der Waals surface area contributed by atoms with Crippen LogP contribution in [0, 0.1) is 17.7 Å². The number of benzene rings is 2. The number of hydrogen-bond donors (Lipinski definition) is 0. The number of ketones is 1. The molecule has 2 fully saturated rings. The molecule has 0 N–H and O–H groups in total. The summed E-state index contributed by atoms with van der Waals surface area (Å²) in [6, 6.07) is 15.6. The van der Waals surface area contributed by atoms with Crippen molar-refractivity contribution in [1.82, 2.24) is 4.90 Å². The molecule has 2 saturated heterocycles. The van der Waals surface area contributed by atoms with Crippen molar-refractivity contribution in [2.45, 2.75) is 12.1 Å². The van der Waals surface area contributed by atoms with Crippen LogP contribution in [0.4, 0.5) is 10.1 Å². The van der Waals surface area contributed by atoms with Crippen LogP contribution in [0.5, 0.6) is 0 Å². The van der Waals surface area contributed by atoms with Gasteiger partial charge in [-0.15, -0.1) is 11.3 Å². The molecule has 2 amide bonds. The van der Waals surface area contributed by atoms with Crippen molar-refractivity contribution in [3.8, 4) is 0 Å². The summed E-state index contributed by atoms with van der Waals surface area (Å²) in [5.74, 6) is -3.50. The minimum Gasteiger partial charge on any atom is -0.358 e. The average molecular weight is 444 g/mol. The first-order chi connectivity index (χ1) is 15.6. The van der Waals surface area contributed by atoms with Crippen LogP contribution in [-0.2, 0) is 9.59 Å². The highest BCUT2D eigenvalue weighted by molar-refractivity contribution is 7.12. The highest BCUT2D eigenvalue weighted by Gasteiger charge is 2.64. The van der Waals surface area contributed by atoms with Crippen LogP contribution in [0.1, 0.15) is 26.8 Å². The van der Waals surface area contributed by atoms with Gasteiger partial charge in [0.25, 0.3) is 0 Å². The molecule has 4 unspecified atom stereocenters. The molecule has 0 saturated carbocycles. The maximum atomic E-state index is 14.6. The summed E-state index contributed by atoms with van der Waals surface area (Å²) in [6.45, 7) is 0. The number of amides is 2. The third-order valence-electron chi connectivity index (χ3n) is 6.59. The van der Waals surface area contributed by atoms with Crippen molar-refractivity contribution in [3.05, 3.63) is 94.1 Å². The van der Waals surface area contributed by atoms with Crippen LogP contribution in [0.2, 0.25) is 0 Å². The Kier molecular flexibility index (Phi) is 4.16. The molecule has 7 heteroatoms. The molecule has 158 valence electrons. The van der Waals surface area contributed by atoms with Gasteiger partial charge in [-0.2, -0.15) is 0 Å². The van der Waals surface area contributed by atoms with E-state index in [9.17, 15) is 18.8 Å². The van der Waals surface area contributed by atoms with Crippen LogP contribution >= 0.6 is 11.3 Å². The van der Waals surface area contributed by atoms with E-state index in [1.54, 1.807) is 18.2 Å². The Hall–Kier alpha value is -3.58.